The summed E-state index contributed by atoms with van der Waals surface area (Å²) in [5, 5.41) is 2.96. The van der Waals surface area contributed by atoms with Crippen LogP contribution in [0, 0.1) is 18.6 Å². The van der Waals surface area contributed by atoms with Crippen LogP contribution >= 0.6 is 0 Å². The molecule has 0 saturated heterocycles. The van der Waals surface area contributed by atoms with Crippen molar-refractivity contribution in [3.63, 3.8) is 0 Å². The smallest absolute Gasteiger partial charge is 0.128 e. The summed E-state index contributed by atoms with van der Waals surface area (Å²) in [6.45, 7) is 1.82. The number of hydrogen-bond acceptors (Lipinski definition) is 1. The Morgan fingerprint density at radius 3 is 2.22 bits per heavy atom. The molecule has 1 atom stereocenters. The summed E-state index contributed by atoms with van der Waals surface area (Å²) < 4.78 is 27.7. The maximum Gasteiger partial charge on any atom is 0.128 e. The van der Waals surface area contributed by atoms with Crippen LogP contribution in [0.2, 0.25) is 0 Å². The van der Waals surface area contributed by atoms with E-state index in [0.717, 1.165) is 5.56 Å². The van der Waals surface area contributed by atoms with Crippen molar-refractivity contribution in [1.82, 2.24) is 5.32 Å². The first-order chi connectivity index (χ1) is 8.63. The Hall–Kier alpha value is -1.74. The van der Waals surface area contributed by atoms with Gasteiger partial charge in [-0.1, -0.05) is 30.3 Å². The molecule has 3 heteroatoms. The average molecular weight is 247 g/mol. The third-order valence-electron chi connectivity index (χ3n) is 2.97. The lowest BCUT2D eigenvalue weighted by atomic mass is 9.97. The van der Waals surface area contributed by atoms with Crippen molar-refractivity contribution in [1.29, 1.82) is 0 Å². The van der Waals surface area contributed by atoms with E-state index in [1.807, 2.05) is 13.0 Å². The highest BCUT2D eigenvalue weighted by Gasteiger charge is 2.18. The molecule has 94 valence electrons. The molecule has 18 heavy (non-hydrogen) atoms. The van der Waals surface area contributed by atoms with E-state index in [-0.39, 0.29) is 11.6 Å². The molecule has 2 rings (SSSR count). The van der Waals surface area contributed by atoms with Crippen LogP contribution < -0.4 is 5.32 Å². The fraction of sp³-hybridized carbons (Fsp3) is 0.200. The lowest BCUT2D eigenvalue weighted by molar-refractivity contribution is 0.546. The Morgan fingerprint density at radius 2 is 1.61 bits per heavy atom. The Labute approximate surface area is 105 Å². The predicted molar refractivity (Wildman–Crippen MR) is 68.4 cm³/mol. The van der Waals surface area contributed by atoms with Crippen molar-refractivity contribution in [3.05, 3.63) is 70.8 Å². The molecule has 0 radical (unpaired) electrons. The molecular formula is C15H15F2N. The summed E-state index contributed by atoms with van der Waals surface area (Å²) in [5.41, 5.74) is 1.75. The maximum absolute atomic E-state index is 13.9. The van der Waals surface area contributed by atoms with E-state index in [9.17, 15) is 8.78 Å². The van der Waals surface area contributed by atoms with Crippen molar-refractivity contribution >= 4 is 0 Å². The Morgan fingerprint density at radius 1 is 0.944 bits per heavy atom. The number of nitrogens with one attached hydrogen (secondary N) is 1. The first-order valence-electron chi connectivity index (χ1n) is 5.81. The summed E-state index contributed by atoms with van der Waals surface area (Å²) in [6.07, 6.45) is 0. The largest absolute Gasteiger partial charge is 0.309 e. The second-order valence-electron chi connectivity index (χ2n) is 4.27. The minimum absolute atomic E-state index is 0.322. The quantitative estimate of drug-likeness (QED) is 0.874. The zero-order valence-electron chi connectivity index (χ0n) is 10.4. The van der Waals surface area contributed by atoms with Gasteiger partial charge in [-0.25, -0.2) is 8.78 Å². The molecule has 0 bridgehead atoms. The SMILES string of the molecule is CNC(c1ccccc1F)c1ccc(C)cc1F. The predicted octanol–water partition coefficient (Wildman–Crippen LogP) is 3.58. The summed E-state index contributed by atoms with van der Waals surface area (Å²) >= 11 is 0. The maximum atomic E-state index is 13.9. The fourth-order valence-corrected chi connectivity index (χ4v) is 2.05. The third kappa shape index (κ3) is 2.41. The Kier molecular flexibility index (Phi) is 3.72. The van der Waals surface area contributed by atoms with Gasteiger partial charge in [0.05, 0.1) is 6.04 Å². The van der Waals surface area contributed by atoms with Gasteiger partial charge in [-0.2, -0.15) is 0 Å². The molecule has 0 amide bonds. The zero-order chi connectivity index (χ0) is 13.1. The van der Waals surface area contributed by atoms with Crippen LogP contribution in [-0.2, 0) is 0 Å². The molecule has 1 nitrogen and oxygen atoms in total. The third-order valence-corrected chi connectivity index (χ3v) is 2.97. The van der Waals surface area contributed by atoms with Gasteiger partial charge >= 0.3 is 0 Å². The molecule has 0 saturated carbocycles. The normalized spacial score (nSPS) is 12.4. The molecule has 0 aromatic heterocycles. The molecule has 0 aliphatic heterocycles. The standard InChI is InChI=1S/C15H15F2N/c1-10-7-8-12(14(17)9-10)15(18-2)11-5-3-4-6-13(11)16/h3-9,15,18H,1-2H3. The van der Waals surface area contributed by atoms with Crippen LogP contribution in [-0.4, -0.2) is 7.05 Å². The Bertz CT molecular complexity index is 552. The molecule has 1 unspecified atom stereocenters. The summed E-state index contributed by atoms with van der Waals surface area (Å²) in [6, 6.07) is 10.9. The van der Waals surface area contributed by atoms with E-state index in [1.54, 1.807) is 31.3 Å². The van der Waals surface area contributed by atoms with Gasteiger partial charge in [-0.15, -0.1) is 0 Å². The van der Waals surface area contributed by atoms with Gasteiger partial charge in [-0.3, -0.25) is 0 Å². The van der Waals surface area contributed by atoms with Crippen LogP contribution in [0.4, 0.5) is 8.78 Å². The lowest BCUT2D eigenvalue weighted by Crippen LogP contribution is -2.20. The van der Waals surface area contributed by atoms with E-state index in [2.05, 4.69) is 5.32 Å². The first-order valence-corrected chi connectivity index (χ1v) is 5.81. The molecule has 2 aromatic rings. The van der Waals surface area contributed by atoms with Crippen LogP contribution in [0.15, 0.2) is 42.5 Å². The monoisotopic (exact) mass is 247 g/mol. The zero-order valence-corrected chi connectivity index (χ0v) is 10.4. The van der Waals surface area contributed by atoms with Gasteiger partial charge in [0.1, 0.15) is 11.6 Å². The van der Waals surface area contributed by atoms with E-state index < -0.39 is 6.04 Å². The molecule has 0 aliphatic rings. The van der Waals surface area contributed by atoms with E-state index in [4.69, 9.17) is 0 Å². The summed E-state index contributed by atoms with van der Waals surface area (Å²) in [7, 11) is 1.69. The minimum atomic E-state index is -0.480. The van der Waals surface area contributed by atoms with Gasteiger partial charge in [0, 0.05) is 11.1 Å². The van der Waals surface area contributed by atoms with Crippen LogP contribution in [0.1, 0.15) is 22.7 Å². The summed E-state index contributed by atoms with van der Waals surface area (Å²) in [5.74, 6) is -0.658. The minimum Gasteiger partial charge on any atom is -0.309 e. The molecule has 0 spiro atoms. The number of aryl methyl sites for hydroxylation is 1. The number of rotatable bonds is 3. The van der Waals surface area contributed by atoms with Gasteiger partial charge in [-0.05, 0) is 31.7 Å². The van der Waals surface area contributed by atoms with Gasteiger partial charge in [0.15, 0.2) is 0 Å². The molecular weight excluding hydrogens is 232 g/mol. The second kappa shape index (κ2) is 5.27. The fourth-order valence-electron chi connectivity index (χ4n) is 2.05. The molecule has 2 aromatic carbocycles. The number of hydrogen-bond donors (Lipinski definition) is 1. The van der Waals surface area contributed by atoms with Gasteiger partial charge in [0.25, 0.3) is 0 Å². The summed E-state index contributed by atoms with van der Waals surface area (Å²) in [4.78, 5) is 0. The van der Waals surface area contributed by atoms with Crippen molar-refractivity contribution in [3.8, 4) is 0 Å². The number of benzene rings is 2. The topological polar surface area (TPSA) is 12.0 Å². The van der Waals surface area contributed by atoms with Crippen LogP contribution in [0.25, 0.3) is 0 Å². The second-order valence-corrected chi connectivity index (χ2v) is 4.27. The van der Waals surface area contributed by atoms with Crippen molar-refractivity contribution in [2.75, 3.05) is 7.05 Å². The van der Waals surface area contributed by atoms with Crippen LogP contribution in [0.3, 0.4) is 0 Å². The molecule has 1 N–H and O–H groups in total. The lowest BCUT2D eigenvalue weighted by Gasteiger charge is -2.18. The highest BCUT2D eigenvalue weighted by atomic mass is 19.1. The molecule has 0 heterocycles. The number of halogens is 2. The Balaban J connectivity index is 2.49. The highest BCUT2D eigenvalue weighted by molar-refractivity contribution is 5.35. The first kappa shape index (κ1) is 12.7. The molecule has 0 aliphatic carbocycles. The van der Waals surface area contributed by atoms with Gasteiger partial charge < -0.3 is 5.32 Å². The van der Waals surface area contributed by atoms with Crippen molar-refractivity contribution in [2.45, 2.75) is 13.0 Å². The van der Waals surface area contributed by atoms with E-state index in [1.165, 1.54) is 12.1 Å². The van der Waals surface area contributed by atoms with Crippen molar-refractivity contribution in [2.24, 2.45) is 0 Å². The van der Waals surface area contributed by atoms with Crippen molar-refractivity contribution < 1.29 is 8.78 Å². The van der Waals surface area contributed by atoms with Crippen LogP contribution in [0.5, 0.6) is 0 Å². The molecule has 0 fully saturated rings. The van der Waals surface area contributed by atoms with E-state index in [0.29, 0.717) is 11.1 Å². The average Bonchev–Trinajstić information content (AvgIpc) is 2.34. The van der Waals surface area contributed by atoms with E-state index >= 15 is 0 Å². The highest BCUT2D eigenvalue weighted by Crippen LogP contribution is 2.26. The van der Waals surface area contributed by atoms with Gasteiger partial charge in [0.2, 0.25) is 0 Å².